The van der Waals surface area contributed by atoms with Gasteiger partial charge < -0.3 is 9.47 Å². The van der Waals surface area contributed by atoms with Gasteiger partial charge in [-0.1, -0.05) is 44.2 Å². The third-order valence-electron chi connectivity index (χ3n) is 5.51. The number of hydrogen-bond acceptors (Lipinski definition) is 4. The van der Waals surface area contributed by atoms with E-state index in [1.807, 2.05) is 37.3 Å². The molecule has 25 heavy (non-hydrogen) atoms. The molecule has 3 rings (SSSR count). The number of imide groups is 1. The van der Waals surface area contributed by atoms with Crippen LogP contribution >= 0.6 is 0 Å². The molecule has 2 heterocycles. The fourth-order valence-corrected chi connectivity index (χ4v) is 3.89. The van der Waals surface area contributed by atoms with Crippen LogP contribution in [0.4, 0.5) is 4.79 Å². The third kappa shape index (κ3) is 4.03. The molecule has 1 aromatic carbocycles. The summed E-state index contributed by atoms with van der Waals surface area (Å²) in [5.74, 6) is 0.611. The summed E-state index contributed by atoms with van der Waals surface area (Å²) in [5, 5.41) is 0. The minimum Gasteiger partial charge on any atom is -0.447 e. The molecule has 5 atom stereocenters. The fraction of sp³-hybridized carbons (Fsp3) is 0.600. The molecule has 2 fully saturated rings. The van der Waals surface area contributed by atoms with Crippen LogP contribution in [0.1, 0.15) is 39.2 Å². The van der Waals surface area contributed by atoms with Crippen LogP contribution in [-0.4, -0.2) is 41.8 Å². The van der Waals surface area contributed by atoms with Crippen LogP contribution < -0.4 is 0 Å². The van der Waals surface area contributed by atoms with Gasteiger partial charge in [-0.05, 0) is 37.2 Å². The van der Waals surface area contributed by atoms with Gasteiger partial charge in [0.2, 0.25) is 5.91 Å². The van der Waals surface area contributed by atoms with Crippen LogP contribution in [0.25, 0.3) is 0 Å². The quantitative estimate of drug-likeness (QED) is 0.839. The standard InChI is InChI=1S/C20H27NO4/c1-13-9-14(2)25-18(15(13)3)11-19(22)21-17(12-24-20(21)23)10-16-7-5-4-6-8-16/h4-8,13-15,17-18H,9-12H2,1-3H3/t13-,14+,15+,17+,18+/m1/s1. The molecule has 0 spiro atoms. The molecular formula is C20H27NO4. The number of carbonyl (C=O) groups excluding carboxylic acids is 2. The van der Waals surface area contributed by atoms with Crippen LogP contribution in [0.3, 0.4) is 0 Å². The van der Waals surface area contributed by atoms with Gasteiger partial charge in [-0.3, -0.25) is 4.79 Å². The minimum absolute atomic E-state index is 0.142. The molecule has 0 bridgehead atoms. The van der Waals surface area contributed by atoms with E-state index in [1.165, 1.54) is 4.90 Å². The van der Waals surface area contributed by atoms with E-state index in [-0.39, 0.29) is 37.2 Å². The number of amides is 2. The molecule has 0 radical (unpaired) electrons. The second-order valence-corrected chi connectivity index (χ2v) is 7.45. The highest BCUT2D eigenvalue weighted by Crippen LogP contribution is 2.32. The molecule has 2 amide bonds. The monoisotopic (exact) mass is 345 g/mol. The first-order valence-electron chi connectivity index (χ1n) is 9.14. The van der Waals surface area contributed by atoms with Gasteiger partial charge >= 0.3 is 6.09 Å². The van der Waals surface area contributed by atoms with Crippen molar-refractivity contribution in [1.29, 1.82) is 0 Å². The predicted molar refractivity (Wildman–Crippen MR) is 94.0 cm³/mol. The average molecular weight is 345 g/mol. The lowest BCUT2D eigenvalue weighted by Gasteiger charge is -2.38. The maximum atomic E-state index is 12.8. The SMILES string of the molecule is C[C@H]1[C@H](C)C[C@H](C)O[C@H]1CC(=O)N1C(=O)OC[C@@H]1Cc1ccccc1. The number of cyclic esters (lactones) is 1. The topological polar surface area (TPSA) is 55.8 Å². The van der Waals surface area contributed by atoms with Crippen molar-refractivity contribution in [3.63, 3.8) is 0 Å². The second-order valence-electron chi connectivity index (χ2n) is 7.45. The van der Waals surface area contributed by atoms with E-state index in [0.29, 0.717) is 18.3 Å². The molecule has 2 saturated heterocycles. The van der Waals surface area contributed by atoms with Gasteiger partial charge in [0.05, 0.1) is 24.7 Å². The Morgan fingerprint density at radius 1 is 1.20 bits per heavy atom. The largest absolute Gasteiger partial charge is 0.447 e. The van der Waals surface area contributed by atoms with Crippen molar-refractivity contribution in [2.24, 2.45) is 11.8 Å². The summed E-state index contributed by atoms with van der Waals surface area (Å²) in [6.45, 7) is 6.62. The summed E-state index contributed by atoms with van der Waals surface area (Å²) in [5.41, 5.74) is 1.09. The van der Waals surface area contributed by atoms with E-state index in [1.54, 1.807) is 0 Å². The van der Waals surface area contributed by atoms with Crippen LogP contribution in [0.15, 0.2) is 30.3 Å². The number of ether oxygens (including phenoxy) is 2. The molecule has 5 heteroatoms. The van der Waals surface area contributed by atoms with E-state index >= 15 is 0 Å². The number of hydrogen-bond donors (Lipinski definition) is 0. The highest BCUT2D eigenvalue weighted by Gasteiger charge is 2.41. The maximum absolute atomic E-state index is 12.8. The van der Waals surface area contributed by atoms with Crippen molar-refractivity contribution in [1.82, 2.24) is 4.90 Å². The summed E-state index contributed by atoms with van der Waals surface area (Å²) in [7, 11) is 0. The molecular weight excluding hydrogens is 318 g/mol. The van der Waals surface area contributed by atoms with Gasteiger partial charge in [-0.15, -0.1) is 0 Å². The maximum Gasteiger partial charge on any atom is 0.416 e. The Balaban J connectivity index is 1.67. The average Bonchev–Trinajstić information content (AvgIpc) is 2.93. The second kappa shape index (κ2) is 7.56. The number of carbonyl (C=O) groups is 2. The highest BCUT2D eigenvalue weighted by molar-refractivity contribution is 5.93. The van der Waals surface area contributed by atoms with Gasteiger partial charge in [0.25, 0.3) is 0 Å². The lowest BCUT2D eigenvalue weighted by atomic mass is 9.82. The first-order valence-corrected chi connectivity index (χ1v) is 9.14. The molecule has 136 valence electrons. The normalized spacial score (nSPS) is 32.5. The lowest BCUT2D eigenvalue weighted by molar-refractivity contribution is -0.140. The Hall–Kier alpha value is -1.88. The minimum atomic E-state index is -0.532. The molecule has 0 unspecified atom stereocenters. The Kier molecular flexibility index (Phi) is 5.42. The molecule has 0 saturated carbocycles. The first kappa shape index (κ1) is 17.9. The van der Waals surface area contributed by atoms with Crippen molar-refractivity contribution in [3.8, 4) is 0 Å². The fourth-order valence-electron chi connectivity index (χ4n) is 3.89. The number of nitrogens with zero attached hydrogens (tertiary/aromatic N) is 1. The van der Waals surface area contributed by atoms with Crippen LogP contribution in [0.2, 0.25) is 0 Å². The zero-order chi connectivity index (χ0) is 18.0. The van der Waals surface area contributed by atoms with E-state index in [0.717, 1.165) is 12.0 Å². The van der Waals surface area contributed by atoms with Crippen LogP contribution in [0.5, 0.6) is 0 Å². The molecule has 2 aliphatic rings. The van der Waals surface area contributed by atoms with E-state index in [9.17, 15) is 9.59 Å². The van der Waals surface area contributed by atoms with Gasteiger partial charge in [0.15, 0.2) is 0 Å². The smallest absolute Gasteiger partial charge is 0.416 e. The van der Waals surface area contributed by atoms with E-state index in [4.69, 9.17) is 9.47 Å². The number of rotatable bonds is 4. The number of benzene rings is 1. The van der Waals surface area contributed by atoms with Crippen molar-refractivity contribution in [2.75, 3.05) is 6.61 Å². The molecule has 2 aliphatic heterocycles. The summed E-state index contributed by atoms with van der Waals surface area (Å²) in [4.78, 5) is 26.2. The van der Waals surface area contributed by atoms with Crippen molar-refractivity contribution in [2.45, 2.75) is 58.3 Å². The zero-order valence-electron chi connectivity index (χ0n) is 15.2. The third-order valence-corrected chi connectivity index (χ3v) is 5.51. The Morgan fingerprint density at radius 2 is 1.92 bits per heavy atom. The Bertz CT molecular complexity index is 617. The lowest BCUT2D eigenvalue weighted by Crippen LogP contribution is -2.45. The van der Waals surface area contributed by atoms with Crippen molar-refractivity contribution in [3.05, 3.63) is 35.9 Å². The van der Waals surface area contributed by atoms with Gasteiger partial charge in [0, 0.05) is 0 Å². The first-order chi connectivity index (χ1) is 12.0. The van der Waals surface area contributed by atoms with Gasteiger partial charge in [-0.2, -0.15) is 0 Å². The van der Waals surface area contributed by atoms with Gasteiger partial charge in [0.1, 0.15) is 6.61 Å². The summed E-state index contributed by atoms with van der Waals surface area (Å²) < 4.78 is 11.1. The molecule has 0 aliphatic carbocycles. The molecule has 0 aromatic heterocycles. The van der Waals surface area contributed by atoms with Crippen LogP contribution in [-0.2, 0) is 20.7 Å². The summed E-state index contributed by atoms with van der Waals surface area (Å²) in [6.07, 6.45) is 1.33. The highest BCUT2D eigenvalue weighted by atomic mass is 16.6. The van der Waals surface area contributed by atoms with E-state index in [2.05, 4.69) is 13.8 Å². The molecule has 5 nitrogen and oxygen atoms in total. The molecule has 0 N–H and O–H groups in total. The van der Waals surface area contributed by atoms with Crippen molar-refractivity contribution < 1.29 is 19.1 Å². The Morgan fingerprint density at radius 3 is 2.64 bits per heavy atom. The Labute approximate surface area is 149 Å². The van der Waals surface area contributed by atoms with E-state index < -0.39 is 6.09 Å². The summed E-state index contributed by atoms with van der Waals surface area (Å²) >= 11 is 0. The van der Waals surface area contributed by atoms with Gasteiger partial charge in [-0.25, -0.2) is 9.69 Å². The summed E-state index contributed by atoms with van der Waals surface area (Å²) in [6, 6.07) is 9.63. The molecule has 1 aromatic rings. The zero-order valence-corrected chi connectivity index (χ0v) is 15.2. The predicted octanol–water partition coefficient (Wildman–Crippen LogP) is 3.42. The van der Waals surface area contributed by atoms with Crippen LogP contribution in [0, 0.1) is 11.8 Å². The van der Waals surface area contributed by atoms with Crippen molar-refractivity contribution >= 4 is 12.0 Å².